The first-order chi connectivity index (χ1) is 8.11. The molecule has 17 heavy (non-hydrogen) atoms. The van der Waals surface area contributed by atoms with Crippen molar-refractivity contribution in [3.63, 3.8) is 0 Å². The third-order valence-electron chi connectivity index (χ3n) is 2.38. The number of fused-ring (bicyclic) bond motifs is 1. The number of rotatable bonds is 3. The summed E-state index contributed by atoms with van der Waals surface area (Å²) < 4.78 is 5.11. The van der Waals surface area contributed by atoms with E-state index in [9.17, 15) is 9.59 Å². The van der Waals surface area contributed by atoms with Crippen molar-refractivity contribution in [2.24, 2.45) is 0 Å². The number of hydrogen-bond acceptors (Lipinski definition) is 3. The Kier molecular flexibility index (Phi) is 2.78. The topological polar surface area (TPSA) is 67.5 Å². The van der Waals surface area contributed by atoms with E-state index in [0.717, 1.165) is 11.6 Å². The van der Waals surface area contributed by atoms with Crippen LogP contribution in [0.2, 0.25) is 0 Å². The molecule has 0 aliphatic carbocycles. The fraction of sp³-hybridized carbons (Fsp3) is 0.0769. The van der Waals surface area contributed by atoms with Crippen LogP contribution in [-0.4, -0.2) is 11.1 Å². The molecule has 86 valence electrons. The maximum atomic E-state index is 11.7. The van der Waals surface area contributed by atoms with Crippen LogP contribution in [0, 0.1) is 0 Å². The van der Waals surface area contributed by atoms with Gasteiger partial charge >= 0.3 is 5.97 Å². The molecule has 2 rings (SSSR count). The monoisotopic (exact) mass is 230 g/mol. The number of allylic oxidation sites excluding steroid dienone is 1. The van der Waals surface area contributed by atoms with E-state index in [1.807, 2.05) is 0 Å². The highest BCUT2D eigenvalue weighted by molar-refractivity contribution is 5.87. The lowest BCUT2D eigenvalue weighted by molar-refractivity contribution is 0.0663. The van der Waals surface area contributed by atoms with Crippen LogP contribution in [0.1, 0.15) is 16.1 Å². The van der Waals surface area contributed by atoms with Gasteiger partial charge in [0.1, 0.15) is 5.58 Å². The summed E-state index contributed by atoms with van der Waals surface area (Å²) in [7, 11) is 0. The molecule has 1 heterocycles. The Labute approximate surface area is 96.8 Å². The molecular weight excluding hydrogens is 220 g/mol. The van der Waals surface area contributed by atoms with Crippen LogP contribution in [0.3, 0.4) is 0 Å². The van der Waals surface area contributed by atoms with E-state index in [2.05, 4.69) is 6.58 Å². The minimum atomic E-state index is -1.25. The summed E-state index contributed by atoms with van der Waals surface area (Å²) in [6, 6.07) is 6.05. The van der Waals surface area contributed by atoms with Gasteiger partial charge in [-0.2, -0.15) is 0 Å². The fourth-order valence-electron chi connectivity index (χ4n) is 1.60. The van der Waals surface area contributed by atoms with Crippen LogP contribution >= 0.6 is 0 Å². The Hall–Kier alpha value is -2.36. The first kappa shape index (κ1) is 11.1. The minimum Gasteiger partial charge on any atom is -0.475 e. The van der Waals surface area contributed by atoms with Gasteiger partial charge in [-0.1, -0.05) is 12.1 Å². The normalized spacial score (nSPS) is 10.4. The molecule has 0 aliphatic heterocycles. The smallest absolute Gasteiger partial charge is 0.371 e. The second-order valence-corrected chi connectivity index (χ2v) is 3.60. The van der Waals surface area contributed by atoms with Gasteiger partial charge in [0.05, 0.1) is 5.39 Å². The number of carboxylic acid groups (broad SMARTS) is 1. The highest BCUT2D eigenvalue weighted by atomic mass is 16.4. The van der Waals surface area contributed by atoms with Crippen LogP contribution < -0.4 is 5.43 Å². The lowest BCUT2D eigenvalue weighted by atomic mass is 10.1. The number of aromatic carboxylic acids is 1. The molecule has 0 spiro atoms. The maximum Gasteiger partial charge on any atom is 0.371 e. The molecule has 1 aromatic heterocycles. The van der Waals surface area contributed by atoms with Gasteiger partial charge in [0.2, 0.25) is 5.76 Å². The summed E-state index contributed by atoms with van der Waals surface area (Å²) >= 11 is 0. The van der Waals surface area contributed by atoms with Gasteiger partial charge in [-0.25, -0.2) is 4.79 Å². The van der Waals surface area contributed by atoms with Crippen LogP contribution in [0.5, 0.6) is 0 Å². The van der Waals surface area contributed by atoms with E-state index in [-0.39, 0.29) is 16.8 Å². The summed E-state index contributed by atoms with van der Waals surface area (Å²) in [6.45, 7) is 3.62. The van der Waals surface area contributed by atoms with Crippen LogP contribution in [0.4, 0.5) is 0 Å². The van der Waals surface area contributed by atoms with E-state index in [1.165, 1.54) is 0 Å². The number of hydrogen-bond donors (Lipinski definition) is 1. The standard InChI is InChI=1S/C13H10O4/c1-2-3-8-4-5-11-9(6-8)10(14)7-12(17-11)13(15)16/h2,4-7H,1,3H2,(H,15,16). The molecule has 0 aliphatic rings. The Morgan fingerprint density at radius 2 is 2.18 bits per heavy atom. The lowest BCUT2D eigenvalue weighted by Gasteiger charge is -2.01. The second-order valence-electron chi connectivity index (χ2n) is 3.60. The van der Waals surface area contributed by atoms with Crippen LogP contribution in [0.25, 0.3) is 11.0 Å². The molecule has 2 aromatic rings. The molecule has 0 saturated heterocycles. The summed E-state index contributed by atoms with van der Waals surface area (Å²) in [5.74, 6) is -1.60. The zero-order valence-electron chi connectivity index (χ0n) is 8.97. The van der Waals surface area contributed by atoms with Crippen molar-refractivity contribution >= 4 is 16.9 Å². The van der Waals surface area contributed by atoms with E-state index in [0.29, 0.717) is 11.8 Å². The summed E-state index contributed by atoms with van der Waals surface area (Å²) in [5.41, 5.74) is 0.861. The molecule has 1 aromatic carbocycles. The second kappa shape index (κ2) is 4.25. The molecule has 1 N–H and O–H groups in total. The fourth-order valence-corrected chi connectivity index (χ4v) is 1.60. The third kappa shape index (κ3) is 2.10. The molecule has 0 bridgehead atoms. The maximum absolute atomic E-state index is 11.7. The average Bonchev–Trinajstić information content (AvgIpc) is 2.30. The molecule has 0 unspecified atom stereocenters. The molecule has 0 radical (unpaired) electrons. The van der Waals surface area contributed by atoms with E-state index >= 15 is 0 Å². The first-order valence-corrected chi connectivity index (χ1v) is 5.03. The lowest BCUT2D eigenvalue weighted by Crippen LogP contribution is -2.06. The molecule has 0 atom stereocenters. The van der Waals surface area contributed by atoms with E-state index in [4.69, 9.17) is 9.52 Å². The highest BCUT2D eigenvalue weighted by Crippen LogP contribution is 2.15. The minimum absolute atomic E-state index is 0.280. The van der Waals surface area contributed by atoms with Crippen molar-refractivity contribution in [2.75, 3.05) is 0 Å². The Bertz CT molecular complexity index is 652. The van der Waals surface area contributed by atoms with Crippen molar-refractivity contribution in [3.8, 4) is 0 Å². The summed E-state index contributed by atoms with van der Waals surface area (Å²) in [4.78, 5) is 22.4. The van der Waals surface area contributed by atoms with Crippen molar-refractivity contribution in [3.05, 3.63) is 58.5 Å². The SMILES string of the molecule is C=CCc1ccc2oc(C(=O)O)cc(=O)c2c1. The molecule has 4 heteroatoms. The Morgan fingerprint density at radius 3 is 2.82 bits per heavy atom. The third-order valence-corrected chi connectivity index (χ3v) is 2.38. The predicted octanol–water partition coefficient (Wildman–Crippen LogP) is 2.22. The Balaban J connectivity index is 2.68. The molecular formula is C13H10O4. The predicted molar refractivity (Wildman–Crippen MR) is 63.3 cm³/mol. The van der Waals surface area contributed by atoms with Gasteiger partial charge in [0, 0.05) is 6.07 Å². The van der Waals surface area contributed by atoms with E-state index in [1.54, 1.807) is 24.3 Å². The van der Waals surface area contributed by atoms with Crippen LogP contribution in [0.15, 0.2) is 46.1 Å². The Morgan fingerprint density at radius 1 is 1.41 bits per heavy atom. The number of carboxylic acids is 1. The first-order valence-electron chi connectivity index (χ1n) is 5.03. The van der Waals surface area contributed by atoms with Crippen molar-refractivity contribution in [2.45, 2.75) is 6.42 Å². The van der Waals surface area contributed by atoms with Gasteiger partial charge in [-0.05, 0) is 24.1 Å². The van der Waals surface area contributed by atoms with Gasteiger partial charge in [0.25, 0.3) is 0 Å². The van der Waals surface area contributed by atoms with Gasteiger partial charge < -0.3 is 9.52 Å². The summed E-state index contributed by atoms with van der Waals surface area (Å²) in [5, 5.41) is 9.15. The quantitative estimate of drug-likeness (QED) is 0.821. The highest BCUT2D eigenvalue weighted by Gasteiger charge is 2.10. The van der Waals surface area contributed by atoms with Gasteiger partial charge in [-0.15, -0.1) is 6.58 Å². The zero-order chi connectivity index (χ0) is 12.4. The molecule has 4 nitrogen and oxygen atoms in total. The van der Waals surface area contributed by atoms with E-state index < -0.39 is 5.97 Å². The van der Waals surface area contributed by atoms with Crippen molar-refractivity contribution in [1.29, 1.82) is 0 Å². The summed E-state index contributed by atoms with van der Waals surface area (Å²) in [6.07, 6.45) is 2.38. The molecule has 0 saturated carbocycles. The molecule has 0 amide bonds. The van der Waals surface area contributed by atoms with Crippen LogP contribution in [-0.2, 0) is 6.42 Å². The number of carbonyl (C=O) groups is 1. The van der Waals surface area contributed by atoms with Gasteiger partial charge in [-0.3, -0.25) is 4.79 Å². The average molecular weight is 230 g/mol. The largest absolute Gasteiger partial charge is 0.475 e. The molecule has 0 fully saturated rings. The van der Waals surface area contributed by atoms with Crippen molar-refractivity contribution < 1.29 is 14.3 Å². The zero-order valence-corrected chi connectivity index (χ0v) is 8.97. The number of benzene rings is 1. The van der Waals surface area contributed by atoms with Crippen molar-refractivity contribution in [1.82, 2.24) is 0 Å². The van der Waals surface area contributed by atoms with Gasteiger partial charge in [0.15, 0.2) is 5.43 Å².